The molecule has 0 atom stereocenters. The molecule has 0 radical (unpaired) electrons. The van der Waals surface area contributed by atoms with Gasteiger partial charge in [0, 0.05) is 0 Å². The fourth-order valence-corrected chi connectivity index (χ4v) is 2.04. The first-order valence-electron chi connectivity index (χ1n) is 4.70. The van der Waals surface area contributed by atoms with E-state index in [4.69, 9.17) is 5.11 Å². The lowest BCUT2D eigenvalue weighted by atomic mass is 10.3. The minimum atomic E-state index is -0.604. The Morgan fingerprint density at radius 1 is 1.50 bits per heavy atom. The SMILES string of the molecule is O=C(Nc1nc2ccccc2s1)OCCO. The van der Waals surface area contributed by atoms with Crippen LogP contribution in [0.1, 0.15) is 0 Å². The molecule has 84 valence electrons. The van der Waals surface area contributed by atoms with Crippen LogP contribution < -0.4 is 5.32 Å². The van der Waals surface area contributed by atoms with Crippen molar-refractivity contribution in [2.24, 2.45) is 0 Å². The Morgan fingerprint density at radius 2 is 2.31 bits per heavy atom. The van der Waals surface area contributed by atoms with Gasteiger partial charge < -0.3 is 9.84 Å². The Balaban J connectivity index is 2.07. The van der Waals surface area contributed by atoms with Crippen molar-refractivity contribution in [3.05, 3.63) is 24.3 Å². The molecule has 16 heavy (non-hydrogen) atoms. The van der Waals surface area contributed by atoms with Crippen LogP contribution in [0, 0.1) is 0 Å². The molecule has 2 N–H and O–H groups in total. The number of rotatable bonds is 3. The van der Waals surface area contributed by atoms with E-state index in [2.05, 4.69) is 15.0 Å². The van der Waals surface area contributed by atoms with Crippen LogP contribution in [0.4, 0.5) is 9.93 Å². The summed E-state index contributed by atoms with van der Waals surface area (Å²) in [6.45, 7) is -0.204. The summed E-state index contributed by atoms with van der Waals surface area (Å²) >= 11 is 1.37. The number of amides is 1. The van der Waals surface area contributed by atoms with E-state index in [1.54, 1.807) is 0 Å². The average molecular weight is 238 g/mol. The van der Waals surface area contributed by atoms with Crippen molar-refractivity contribution in [2.75, 3.05) is 18.5 Å². The molecule has 1 aromatic heterocycles. The van der Waals surface area contributed by atoms with E-state index in [1.807, 2.05) is 24.3 Å². The van der Waals surface area contributed by atoms with Gasteiger partial charge in [-0.15, -0.1) is 0 Å². The van der Waals surface area contributed by atoms with E-state index in [1.165, 1.54) is 11.3 Å². The summed E-state index contributed by atoms with van der Waals surface area (Å²) < 4.78 is 5.66. The number of hydrogen-bond acceptors (Lipinski definition) is 5. The summed E-state index contributed by atoms with van der Waals surface area (Å²) in [5, 5.41) is 11.5. The number of nitrogens with zero attached hydrogens (tertiary/aromatic N) is 1. The van der Waals surface area contributed by atoms with Gasteiger partial charge in [0.15, 0.2) is 5.13 Å². The van der Waals surface area contributed by atoms with Crippen molar-refractivity contribution in [2.45, 2.75) is 0 Å². The van der Waals surface area contributed by atoms with E-state index in [0.29, 0.717) is 5.13 Å². The van der Waals surface area contributed by atoms with Crippen molar-refractivity contribution in [3.8, 4) is 0 Å². The lowest BCUT2D eigenvalue weighted by Gasteiger charge is -2.01. The number of anilines is 1. The molecule has 2 aromatic rings. The van der Waals surface area contributed by atoms with Crippen molar-refractivity contribution in [1.82, 2.24) is 4.98 Å². The zero-order valence-corrected chi connectivity index (χ0v) is 9.16. The first-order chi connectivity index (χ1) is 7.79. The molecule has 1 heterocycles. The van der Waals surface area contributed by atoms with Gasteiger partial charge in [-0.3, -0.25) is 5.32 Å². The predicted octanol–water partition coefficient (Wildman–Crippen LogP) is 1.84. The zero-order chi connectivity index (χ0) is 11.4. The van der Waals surface area contributed by atoms with Crippen molar-refractivity contribution < 1.29 is 14.6 Å². The first kappa shape index (κ1) is 10.8. The number of aromatic nitrogens is 1. The van der Waals surface area contributed by atoms with Gasteiger partial charge in [0.25, 0.3) is 0 Å². The molecule has 0 aliphatic carbocycles. The van der Waals surface area contributed by atoms with Gasteiger partial charge in [0.05, 0.1) is 16.8 Å². The van der Waals surface area contributed by atoms with Crippen LogP contribution in [0.3, 0.4) is 0 Å². The van der Waals surface area contributed by atoms with Crippen LogP contribution in [0.25, 0.3) is 10.2 Å². The molecule has 0 aliphatic rings. The molecule has 0 unspecified atom stereocenters. The van der Waals surface area contributed by atoms with E-state index in [9.17, 15) is 4.79 Å². The van der Waals surface area contributed by atoms with Gasteiger partial charge >= 0.3 is 6.09 Å². The Morgan fingerprint density at radius 3 is 3.06 bits per heavy atom. The quantitative estimate of drug-likeness (QED) is 0.855. The maximum Gasteiger partial charge on any atom is 0.413 e. The van der Waals surface area contributed by atoms with Crippen LogP contribution >= 0.6 is 11.3 Å². The molecule has 0 saturated carbocycles. The zero-order valence-electron chi connectivity index (χ0n) is 8.34. The summed E-state index contributed by atoms with van der Waals surface area (Å²) in [6.07, 6.45) is -0.604. The summed E-state index contributed by atoms with van der Waals surface area (Å²) in [6, 6.07) is 7.59. The number of para-hydroxylation sites is 1. The van der Waals surface area contributed by atoms with Gasteiger partial charge in [0.2, 0.25) is 0 Å². The van der Waals surface area contributed by atoms with Gasteiger partial charge in [0.1, 0.15) is 6.61 Å². The topological polar surface area (TPSA) is 71.5 Å². The maximum atomic E-state index is 11.2. The number of ether oxygens (including phenoxy) is 1. The van der Waals surface area contributed by atoms with Crippen molar-refractivity contribution in [1.29, 1.82) is 0 Å². The fraction of sp³-hybridized carbons (Fsp3) is 0.200. The Bertz CT molecular complexity index is 465. The standard InChI is InChI=1S/C10H10N2O3S/c13-5-6-15-10(14)12-9-11-7-3-1-2-4-8(7)16-9/h1-4,13H,5-6H2,(H,11,12,14). The predicted molar refractivity (Wildman–Crippen MR) is 61.7 cm³/mol. The third-order valence-corrected chi connectivity index (χ3v) is 2.78. The van der Waals surface area contributed by atoms with Gasteiger partial charge in [-0.25, -0.2) is 9.78 Å². The number of fused-ring (bicyclic) bond motifs is 1. The minimum absolute atomic E-state index is 0.0171. The molecule has 1 amide bonds. The Kier molecular flexibility index (Phi) is 3.33. The molecule has 6 heteroatoms. The lowest BCUT2D eigenvalue weighted by Crippen LogP contribution is -2.15. The largest absolute Gasteiger partial charge is 0.447 e. The van der Waals surface area contributed by atoms with Gasteiger partial charge in [-0.05, 0) is 12.1 Å². The number of hydrogen-bond donors (Lipinski definition) is 2. The normalized spacial score (nSPS) is 10.3. The highest BCUT2D eigenvalue weighted by atomic mass is 32.1. The van der Waals surface area contributed by atoms with Crippen LogP contribution in [0.5, 0.6) is 0 Å². The number of aliphatic hydroxyl groups excluding tert-OH is 1. The minimum Gasteiger partial charge on any atom is -0.447 e. The summed E-state index contributed by atoms with van der Waals surface area (Å²) in [4.78, 5) is 15.4. The number of thiazole rings is 1. The van der Waals surface area contributed by atoms with Crippen molar-refractivity contribution in [3.63, 3.8) is 0 Å². The Hall–Kier alpha value is -1.66. The van der Waals surface area contributed by atoms with E-state index < -0.39 is 6.09 Å². The van der Waals surface area contributed by atoms with Gasteiger partial charge in [-0.1, -0.05) is 23.5 Å². The molecule has 0 saturated heterocycles. The molecule has 2 rings (SSSR count). The average Bonchev–Trinajstić information content (AvgIpc) is 2.68. The van der Waals surface area contributed by atoms with Crippen LogP contribution in [-0.4, -0.2) is 29.4 Å². The molecular formula is C10H10N2O3S. The number of carbonyl (C=O) groups excluding carboxylic acids is 1. The highest BCUT2D eigenvalue weighted by Gasteiger charge is 2.07. The fourth-order valence-electron chi connectivity index (χ4n) is 1.19. The van der Waals surface area contributed by atoms with Crippen LogP contribution in [-0.2, 0) is 4.74 Å². The molecule has 0 fully saturated rings. The van der Waals surface area contributed by atoms with Crippen molar-refractivity contribution >= 4 is 32.8 Å². The van der Waals surface area contributed by atoms with Gasteiger partial charge in [-0.2, -0.15) is 0 Å². The lowest BCUT2D eigenvalue weighted by molar-refractivity contribution is 0.131. The highest BCUT2D eigenvalue weighted by molar-refractivity contribution is 7.22. The van der Waals surface area contributed by atoms with Crippen LogP contribution in [0.2, 0.25) is 0 Å². The molecule has 0 bridgehead atoms. The molecule has 1 aromatic carbocycles. The monoisotopic (exact) mass is 238 g/mol. The number of benzene rings is 1. The van der Waals surface area contributed by atoms with Crippen LogP contribution in [0.15, 0.2) is 24.3 Å². The van der Waals surface area contributed by atoms with E-state index >= 15 is 0 Å². The Labute approximate surface area is 95.7 Å². The van der Waals surface area contributed by atoms with E-state index in [0.717, 1.165) is 10.2 Å². The highest BCUT2D eigenvalue weighted by Crippen LogP contribution is 2.25. The second kappa shape index (κ2) is 4.91. The molecule has 0 spiro atoms. The number of aliphatic hydroxyl groups is 1. The second-order valence-corrected chi connectivity index (χ2v) is 4.00. The van der Waals surface area contributed by atoms with E-state index in [-0.39, 0.29) is 13.2 Å². The summed E-state index contributed by atoms with van der Waals surface area (Å²) in [7, 11) is 0. The number of nitrogens with one attached hydrogen (secondary N) is 1. The maximum absolute atomic E-state index is 11.2. The third kappa shape index (κ3) is 2.47. The summed E-state index contributed by atoms with van der Waals surface area (Å²) in [5.74, 6) is 0. The summed E-state index contributed by atoms with van der Waals surface area (Å²) in [5.41, 5.74) is 0.838. The second-order valence-electron chi connectivity index (χ2n) is 2.97. The molecule has 0 aliphatic heterocycles. The molecular weight excluding hydrogens is 228 g/mol. The number of carbonyl (C=O) groups is 1. The molecule has 5 nitrogen and oxygen atoms in total. The first-order valence-corrected chi connectivity index (χ1v) is 5.51. The smallest absolute Gasteiger partial charge is 0.413 e. The third-order valence-electron chi connectivity index (χ3n) is 1.83.